The van der Waals surface area contributed by atoms with Gasteiger partial charge in [0.1, 0.15) is 5.75 Å². The molecule has 2 aromatic carbocycles. The molecule has 1 N–H and O–H groups in total. The quantitative estimate of drug-likeness (QED) is 0.911. The van der Waals surface area contributed by atoms with Gasteiger partial charge < -0.3 is 10.1 Å². The van der Waals surface area contributed by atoms with Gasteiger partial charge in [-0.05, 0) is 37.1 Å². The molecule has 0 saturated carbocycles. The number of para-hydroxylation sites is 1. The van der Waals surface area contributed by atoms with Crippen LogP contribution in [0.2, 0.25) is 0 Å². The number of aryl methyl sites for hydroxylation is 1. The molecule has 0 bridgehead atoms. The lowest BCUT2D eigenvalue weighted by Gasteiger charge is -2.12. The zero-order valence-electron chi connectivity index (χ0n) is 12.4. The van der Waals surface area contributed by atoms with Crippen LogP contribution in [0.4, 0.5) is 8.78 Å². The van der Waals surface area contributed by atoms with E-state index in [-0.39, 0.29) is 18.2 Å². The average molecular weight is 305 g/mol. The second-order valence-electron chi connectivity index (χ2n) is 4.92. The van der Waals surface area contributed by atoms with Crippen molar-refractivity contribution in [2.45, 2.75) is 27.0 Å². The van der Waals surface area contributed by atoms with E-state index in [4.69, 9.17) is 0 Å². The van der Waals surface area contributed by atoms with E-state index in [0.717, 1.165) is 11.1 Å². The summed E-state index contributed by atoms with van der Waals surface area (Å²) in [6.07, 6.45) is 0. The number of alkyl halides is 2. The van der Waals surface area contributed by atoms with Crippen LogP contribution in [0.15, 0.2) is 42.5 Å². The predicted molar refractivity (Wildman–Crippen MR) is 80.2 cm³/mol. The van der Waals surface area contributed by atoms with E-state index < -0.39 is 6.61 Å². The van der Waals surface area contributed by atoms with Crippen molar-refractivity contribution < 1.29 is 18.3 Å². The summed E-state index contributed by atoms with van der Waals surface area (Å²) in [5.74, 6) is -0.174. The van der Waals surface area contributed by atoms with Crippen LogP contribution >= 0.6 is 0 Å². The van der Waals surface area contributed by atoms with Gasteiger partial charge in [0.25, 0.3) is 5.91 Å². The van der Waals surface area contributed by atoms with Crippen molar-refractivity contribution in [3.05, 3.63) is 64.7 Å². The van der Waals surface area contributed by atoms with E-state index in [1.807, 2.05) is 26.0 Å². The summed E-state index contributed by atoms with van der Waals surface area (Å²) in [4.78, 5) is 12.2. The molecule has 116 valence electrons. The maximum atomic E-state index is 12.4. The molecule has 3 nitrogen and oxygen atoms in total. The number of carbonyl (C=O) groups is 1. The van der Waals surface area contributed by atoms with Gasteiger partial charge in [-0.25, -0.2) is 0 Å². The molecule has 0 radical (unpaired) electrons. The highest BCUT2D eigenvalue weighted by Crippen LogP contribution is 2.20. The number of nitrogens with one attached hydrogen (secondary N) is 1. The van der Waals surface area contributed by atoms with E-state index in [1.54, 1.807) is 24.3 Å². The topological polar surface area (TPSA) is 38.3 Å². The lowest BCUT2D eigenvalue weighted by Crippen LogP contribution is -2.24. The smallest absolute Gasteiger partial charge is 0.387 e. The molecule has 2 aromatic rings. The van der Waals surface area contributed by atoms with Gasteiger partial charge in [-0.3, -0.25) is 4.79 Å². The third-order valence-electron chi connectivity index (χ3n) is 3.48. The molecule has 0 fully saturated rings. The molecule has 0 aromatic heterocycles. The number of benzene rings is 2. The van der Waals surface area contributed by atoms with Crippen molar-refractivity contribution in [2.75, 3.05) is 0 Å². The van der Waals surface area contributed by atoms with Crippen molar-refractivity contribution in [1.82, 2.24) is 5.32 Å². The predicted octanol–water partition coefficient (Wildman–Crippen LogP) is 3.83. The van der Waals surface area contributed by atoms with Crippen molar-refractivity contribution in [3.63, 3.8) is 0 Å². The SMILES string of the molecule is Cc1cccc(C(=O)NCc2ccccc2OC(F)F)c1C. The lowest BCUT2D eigenvalue weighted by atomic mass is 10.0. The van der Waals surface area contributed by atoms with E-state index >= 15 is 0 Å². The second-order valence-corrected chi connectivity index (χ2v) is 4.92. The van der Waals surface area contributed by atoms with Crippen molar-refractivity contribution in [1.29, 1.82) is 0 Å². The van der Waals surface area contributed by atoms with Crippen LogP contribution in [-0.4, -0.2) is 12.5 Å². The van der Waals surface area contributed by atoms with Gasteiger partial charge in [-0.1, -0.05) is 30.3 Å². The summed E-state index contributed by atoms with van der Waals surface area (Å²) in [6, 6.07) is 11.9. The molecule has 0 atom stereocenters. The zero-order valence-corrected chi connectivity index (χ0v) is 12.4. The molecule has 0 saturated heterocycles. The number of ether oxygens (including phenoxy) is 1. The van der Waals surface area contributed by atoms with Crippen molar-refractivity contribution in [2.24, 2.45) is 0 Å². The van der Waals surface area contributed by atoms with Gasteiger partial charge in [0.05, 0.1) is 0 Å². The molecule has 22 heavy (non-hydrogen) atoms. The Kier molecular flexibility index (Phi) is 5.09. The number of hydrogen-bond acceptors (Lipinski definition) is 2. The van der Waals surface area contributed by atoms with Gasteiger partial charge in [0, 0.05) is 17.7 Å². The van der Waals surface area contributed by atoms with Gasteiger partial charge >= 0.3 is 6.61 Å². The number of hydrogen-bond donors (Lipinski definition) is 1. The Morgan fingerprint density at radius 1 is 1.14 bits per heavy atom. The van der Waals surface area contributed by atoms with Crippen LogP contribution in [0.3, 0.4) is 0 Å². The fourth-order valence-electron chi connectivity index (χ4n) is 2.13. The third-order valence-corrected chi connectivity index (χ3v) is 3.48. The molecule has 2 rings (SSSR count). The Morgan fingerprint density at radius 2 is 1.86 bits per heavy atom. The van der Waals surface area contributed by atoms with Crippen LogP contribution < -0.4 is 10.1 Å². The van der Waals surface area contributed by atoms with Crippen molar-refractivity contribution >= 4 is 5.91 Å². The van der Waals surface area contributed by atoms with E-state index in [1.165, 1.54) is 6.07 Å². The Bertz CT molecular complexity index is 671. The van der Waals surface area contributed by atoms with Crippen LogP contribution in [0, 0.1) is 13.8 Å². The highest BCUT2D eigenvalue weighted by atomic mass is 19.3. The summed E-state index contributed by atoms with van der Waals surface area (Å²) >= 11 is 0. The Labute approximate surface area is 127 Å². The minimum Gasteiger partial charge on any atom is -0.434 e. The molecular formula is C17H17F2NO2. The first-order valence-electron chi connectivity index (χ1n) is 6.86. The average Bonchev–Trinajstić information content (AvgIpc) is 2.48. The minimum atomic E-state index is -2.89. The van der Waals surface area contributed by atoms with Crippen LogP contribution in [0.25, 0.3) is 0 Å². The molecule has 0 aliphatic carbocycles. The van der Waals surface area contributed by atoms with Crippen LogP contribution in [-0.2, 0) is 6.54 Å². The fraction of sp³-hybridized carbons (Fsp3) is 0.235. The summed E-state index contributed by atoms with van der Waals surface area (Å²) in [6.45, 7) is 1.03. The molecule has 0 aliphatic heterocycles. The number of carbonyl (C=O) groups excluding carboxylic acids is 1. The minimum absolute atomic E-state index is 0.0683. The molecule has 0 unspecified atom stereocenters. The maximum absolute atomic E-state index is 12.4. The van der Waals surface area contributed by atoms with E-state index in [0.29, 0.717) is 11.1 Å². The molecule has 0 heterocycles. The number of amides is 1. The maximum Gasteiger partial charge on any atom is 0.387 e. The number of rotatable bonds is 5. The highest BCUT2D eigenvalue weighted by Gasteiger charge is 2.12. The van der Waals surface area contributed by atoms with Gasteiger partial charge in [-0.15, -0.1) is 0 Å². The largest absolute Gasteiger partial charge is 0.434 e. The molecule has 5 heteroatoms. The Hall–Kier alpha value is -2.43. The first-order valence-corrected chi connectivity index (χ1v) is 6.86. The third kappa shape index (κ3) is 3.81. The van der Waals surface area contributed by atoms with Crippen LogP contribution in [0.1, 0.15) is 27.0 Å². The number of halogens is 2. The highest BCUT2D eigenvalue weighted by molar-refractivity contribution is 5.95. The van der Waals surface area contributed by atoms with Gasteiger partial charge in [0.2, 0.25) is 0 Å². The second kappa shape index (κ2) is 7.02. The Morgan fingerprint density at radius 3 is 2.59 bits per heavy atom. The zero-order chi connectivity index (χ0) is 16.1. The first kappa shape index (κ1) is 15.9. The monoisotopic (exact) mass is 305 g/mol. The van der Waals surface area contributed by atoms with E-state index in [2.05, 4.69) is 10.1 Å². The first-order chi connectivity index (χ1) is 10.5. The summed E-state index contributed by atoms with van der Waals surface area (Å²) < 4.78 is 29.1. The summed E-state index contributed by atoms with van der Waals surface area (Å²) in [5.41, 5.74) is 3.00. The van der Waals surface area contributed by atoms with E-state index in [9.17, 15) is 13.6 Å². The summed E-state index contributed by atoms with van der Waals surface area (Å²) in [5, 5.41) is 2.73. The standard InChI is InChI=1S/C17H17F2NO2/c1-11-6-5-8-14(12(11)2)16(21)20-10-13-7-3-4-9-15(13)22-17(18)19/h3-9,17H,10H2,1-2H3,(H,20,21). The van der Waals surface area contributed by atoms with Crippen LogP contribution in [0.5, 0.6) is 5.75 Å². The molecular weight excluding hydrogens is 288 g/mol. The Balaban J connectivity index is 2.10. The molecule has 0 spiro atoms. The van der Waals surface area contributed by atoms with Gasteiger partial charge in [-0.2, -0.15) is 8.78 Å². The molecule has 1 amide bonds. The van der Waals surface area contributed by atoms with Gasteiger partial charge in [0.15, 0.2) is 0 Å². The fourth-order valence-corrected chi connectivity index (χ4v) is 2.13. The normalized spacial score (nSPS) is 10.6. The van der Waals surface area contributed by atoms with Crippen molar-refractivity contribution in [3.8, 4) is 5.75 Å². The summed E-state index contributed by atoms with van der Waals surface area (Å²) in [7, 11) is 0. The molecule has 0 aliphatic rings. The lowest BCUT2D eigenvalue weighted by molar-refractivity contribution is -0.0504.